The van der Waals surface area contributed by atoms with E-state index in [0.717, 1.165) is 48.4 Å². The number of imidazole rings is 1. The molecule has 2 aromatic heterocycles. The number of ketones is 1. The van der Waals surface area contributed by atoms with E-state index in [1.165, 1.54) is 11.1 Å². The highest BCUT2D eigenvalue weighted by Crippen LogP contribution is 2.61. The molecule has 2 heterocycles. The smallest absolute Gasteiger partial charge is 0.181 e. The Morgan fingerprint density at radius 3 is 3.00 bits per heavy atom. The van der Waals surface area contributed by atoms with Crippen LogP contribution < -0.4 is 4.74 Å². The largest absolute Gasteiger partial charge is 0.497 e. The van der Waals surface area contributed by atoms with E-state index in [9.17, 15) is 4.79 Å². The Balaban J connectivity index is 1.30. The number of nitrogens with zero attached hydrogens (tertiary/aromatic N) is 3. The van der Waals surface area contributed by atoms with Crippen LogP contribution in [0.1, 0.15) is 49.7 Å². The van der Waals surface area contributed by atoms with E-state index in [1.807, 2.05) is 0 Å². The van der Waals surface area contributed by atoms with Crippen molar-refractivity contribution >= 4 is 28.7 Å². The van der Waals surface area contributed by atoms with Crippen LogP contribution in [0.2, 0.25) is 0 Å². The number of aromatic nitrogens is 4. The third kappa shape index (κ3) is 2.85. The van der Waals surface area contributed by atoms with Gasteiger partial charge in [-0.15, -0.1) is 0 Å². The Morgan fingerprint density at radius 1 is 1.23 bits per heavy atom. The number of ether oxygens (including phenoxy) is 1. The van der Waals surface area contributed by atoms with Gasteiger partial charge in [-0.1, -0.05) is 24.8 Å². The van der Waals surface area contributed by atoms with Crippen molar-refractivity contribution in [3.8, 4) is 5.75 Å². The Kier molecular flexibility index (Phi) is 4.39. The molecule has 160 valence electrons. The molecule has 0 radical (unpaired) electrons. The van der Waals surface area contributed by atoms with Gasteiger partial charge in [0.1, 0.15) is 22.6 Å². The van der Waals surface area contributed by atoms with Crippen molar-refractivity contribution in [1.82, 2.24) is 19.9 Å². The predicted molar refractivity (Wildman–Crippen MR) is 119 cm³/mol. The minimum Gasteiger partial charge on any atom is -0.497 e. The lowest BCUT2D eigenvalue weighted by molar-refractivity contribution is -0.129. The number of carbonyl (C=O) groups excluding carboxylic acids is 1. The second kappa shape index (κ2) is 7.05. The quantitative estimate of drug-likeness (QED) is 0.609. The van der Waals surface area contributed by atoms with Gasteiger partial charge in [-0.05, 0) is 73.1 Å². The summed E-state index contributed by atoms with van der Waals surface area (Å²) in [5.74, 6) is 2.92. The zero-order valence-corrected chi connectivity index (χ0v) is 18.6. The molecule has 0 spiro atoms. The zero-order valence-electron chi connectivity index (χ0n) is 17.8. The fraction of sp³-hybridized carbons (Fsp3) is 0.500. The molecule has 6 nitrogen and oxygen atoms in total. The first kappa shape index (κ1) is 19.3. The highest BCUT2D eigenvalue weighted by molar-refractivity contribution is 8.00. The van der Waals surface area contributed by atoms with E-state index < -0.39 is 0 Å². The lowest BCUT2D eigenvalue weighted by Gasteiger charge is -2.48. The second-order valence-electron chi connectivity index (χ2n) is 9.42. The van der Waals surface area contributed by atoms with Crippen molar-refractivity contribution < 1.29 is 9.53 Å². The number of Topliss-reactive ketones (excluding diaryl/α,β-unsaturated/α-hetero) is 1. The van der Waals surface area contributed by atoms with Gasteiger partial charge in [-0.25, -0.2) is 15.0 Å². The van der Waals surface area contributed by atoms with E-state index in [-0.39, 0.29) is 10.7 Å². The van der Waals surface area contributed by atoms with Gasteiger partial charge in [-0.3, -0.25) is 4.79 Å². The molecule has 3 aliphatic rings. The van der Waals surface area contributed by atoms with Crippen LogP contribution in [-0.4, -0.2) is 38.1 Å². The molecule has 2 saturated carbocycles. The minimum atomic E-state index is -0.219. The first-order valence-electron chi connectivity index (χ1n) is 11.1. The van der Waals surface area contributed by atoms with Crippen LogP contribution in [0.15, 0.2) is 35.9 Å². The van der Waals surface area contributed by atoms with Crippen LogP contribution in [0, 0.1) is 17.3 Å². The number of benzene rings is 1. The molecule has 31 heavy (non-hydrogen) atoms. The number of rotatable bonds is 3. The summed E-state index contributed by atoms with van der Waals surface area (Å²) < 4.78 is 5.45. The summed E-state index contributed by atoms with van der Waals surface area (Å²) in [5, 5.41) is 0.785. The van der Waals surface area contributed by atoms with Crippen molar-refractivity contribution in [2.45, 2.75) is 55.2 Å². The zero-order chi connectivity index (χ0) is 21.2. The highest BCUT2D eigenvalue weighted by atomic mass is 32.2. The second-order valence-corrected chi connectivity index (χ2v) is 10.6. The predicted octanol–water partition coefficient (Wildman–Crippen LogP) is 4.56. The number of hydrogen-bond acceptors (Lipinski definition) is 6. The molecule has 2 fully saturated rings. The third-order valence-electron chi connectivity index (χ3n) is 8.09. The van der Waals surface area contributed by atoms with Crippen molar-refractivity contribution in [2.24, 2.45) is 17.3 Å². The number of hydrogen-bond donors (Lipinski definition) is 1. The number of H-pyrrole nitrogens is 1. The molecule has 7 heteroatoms. The molecule has 1 N–H and O–H groups in total. The lowest BCUT2D eigenvalue weighted by atomic mass is 9.55. The Labute approximate surface area is 185 Å². The number of aromatic amines is 1. The summed E-state index contributed by atoms with van der Waals surface area (Å²) in [6.45, 7) is 2.23. The summed E-state index contributed by atoms with van der Waals surface area (Å²) in [4.78, 5) is 29.7. The Morgan fingerprint density at radius 2 is 2.13 bits per heavy atom. The average Bonchev–Trinajstić information content (AvgIpc) is 3.37. The van der Waals surface area contributed by atoms with E-state index in [4.69, 9.17) is 4.74 Å². The normalized spacial score (nSPS) is 31.9. The number of carbonyl (C=O) groups is 1. The average molecular weight is 435 g/mol. The van der Waals surface area contributed by atoms with Gasteiger partial charge in [0, 0.05) is 5.41 Å². The summed E-state index contributed by atoms with van der Waals surface area (Å²) >= 11 is 1.60. The molecule has 6 rings (SSSR count). The van der Waals surface area contributed by atoms with Crippen molar-refractivity contribution in [3.63, 3.8) is 0 Å². The highest BCUT2D eigenvalue weighted by Gasteiger charge is 2.58. The van der Waals surface area contributed by atoms with Crippen molar-refractivity contribution in [1.29, 1.82) is 0 Å². The van der Waals surface area contributed by atoms with Crippen LogP contribution in [0.25, 0.3) is 11.2 Å². The monoisotopic (exact) mass is 434 g/mol. The summed E-state index contributed by atoms with van der Waals surface area (Å²) in [6, 6.07) is 6.58. The van der Waals surface area contributed by atoms with Gasteiger partial charge in [0.25, 0.3) is 0 Å². The molecule has 3 aliphatic carbocycles. The summed E-state index contributed by atoms with van der Waals surface area (Å²) in [6.07, 6.45) is 8.43. The van der Waals surface area contributed by atoms with Gasteiger partial charge in [0.15, 0.2) is 11.4 Å². The van der Waals surface area contributed by atoms with E-state index in [2.05, 4.69) is 45.1 Å². The van der Waals surface area contributed by atoms with E-state index >= 15 is 0 Å². The van der Waals surface area contributed by atoms with Crippen LogP contribution in [0.5, 0.6) is 5.75 Å². The number of methoxy groups -OCH3 is 1. The standard InChI is InChI=1S/C24H26N4O2S/c1-24-8-7-16-15-6-4-14(30-2)9-13(15)3-5-17(16)18(24)10-19(21(24)29)31-23-20-22(26-11-25-20)27-12-28-23/h4,6,9,11-12,16-19H,3,5,7-8,10H2,1-2H3,(H,25,26,27,28)/t16-,17-,18-,19-,24+/m0/s1. The number of thioether (sulfide) groups is 1. The first-order valence-corrected chi connectivity index (χ1v) is 12.0. The molecular formula is C24H26N4O2S. The summed E-state index contributed by atoms with van der Waals surface area (Å²) in [7, 11) is 1.73. The van der Waals surface area contributed by atoms with Gasteiger partial charge >= 0.3 is 0 Å². The molecule has 0 bridgehead atoms. The van der Waals surface area contributed by atoms with E-state index in [1.54, 1.807) is 31.5 Å². The molecule has 3 aromatic rings. The number of aryl methyl sites for hydroxylation is 1. The SMILES string of the molecule is COc1ccc2c(c1)CC[C@H]1[C@H]2CC[C@@]2(C)C(=O)[C@@H](Sc3ncnc4nc[nH]c34)C[C@@H]12. The third-order valence-corrected chi connectivity index (χ3v) is 9.31. The minimum absolute atomic E-state index is 0.0487. The van der Waals surface area contributed by atoms with Crippen molar-refractivity contribution in [3.05, 3.63) is 42.0 Å². The Bertz CT molecular complexity index is 1180. The molecule has 0 saturated heterocycles. The van der Waals surface area contributed by atoms with E-state index in [0.29, 0.717) is 29.2 Å². The van der Waals surface area contributed by atoms with Crippen LogP contribution >= 0.6 is 11.8 Å². The van der Waals surface area contributed by atoms with Gasteiger partial charge in [0.05, 0.1) is 18.7 Å². The molecule has 0 amide bonds. The van der Waals surface area contributed by atoms with Crippen LogP contribution in [0.3, 0.4) is 0 Å². The van der Waals surface area contributed by atoms with Gasteiger partial charge < -0.3 is 9.72 Å². The fourth-order valence-electron chi connectivity index (χ4n) is 6.52. The number of nitrogens with one attached hydrogen (secondary N) is 1. The maximum atomic E-state index is 13.6. The van der Waals surface area contributed by atoms with Crippen LogP contribution in [0.4, 0.5) is 0 Å². The summed E-state index contributed by atoms with van der Waals surface area (Å²) in [5.41, 5.74) is 4.19. The fourth-order valence-corrected chi connectivity index (χ4v) is 7.85. The van der Waals surface area contributed by atoms with Crippen LogP contribution in [-0.2, 0) is 11.2 Å². The lowest BCUT2D eigenvalue weighted by Crippen LogP contribution is -2.42. The molecule has 5 atom stereocenters. The topological polar surface area (TPSA) is 80.8 Å². The first-order chi connectivity index (χ1) is 15.1. The van der Waals surface area contributed by atoms with Gasteiger partial charge in [-0.2, -0.15) is 0 Å². The molecular weight excluding hydrogens is 408 g/mol. The van der Waals surface area contributed by atoms with Gasteiger partial charge in [0.2, 0.25) is 0 Å². The molecule has 1 aromatic carbocycles. The Hall–Kier alpha value is -2.41. The molecule has 0 aliphatic heterocycles. The number of fused-ring (bicyclic) bond motifs is 6. The maximum Gasteiger partial charge on any atom is 0.181 e. The molecule has 0 unspecified atom stereocenters. The van der Waals surface area contributed by atoms with Crippen molar-refractivity contribution in [2.75, 3.05) is 7.11 Å². The maximum absolute atomic E-state index is 13.6.